The lowest BCUT2D eigenvalue weighted by atomic mass is 10.2. The highest BCUT2D eigenvalue weighted by molar-refractivity contribution is 7.10. The molecule has 1 fully saturated rings. The molecule has 0 aromatic carbocycles. The maximum atomic E-state index is 11.9. The number of aliphatic carboxylic acids is 1. The van der Waals surface area contributed by atoms with Crippen molar-refractivity contribution in [2.75, 3.05) is 32.7 Å². The number of carbonyl (C=O) groups is 2. The summed E-state index contributed by atoms with van der Waals surface area (Å²) in [6, 6.07) is 2.54. The van der Waals surface area contributed by atoms with Gasteiger partial charge in [0.1, 0.15) is 0 Å². The van der Waals surface area contributed by atoms with Crippen LogP contribution in [0.25, 0.3) is 0 Å². The van der Waals surface area contributed by atoms with Crippen LogP contribution < -0.4 is 10.6 Å². The van der Waals surface area contributed by atoms with E-state index >= 15 is 0 Å². The smallest absolute Gasteiger partial charge is 0.331 e. The van der Waals surface area contributed by atoms with Crippen molar-refractivity contribution in [3.8, 4) is 0 Å². The SMILES string of the molecule is O=C(CN1CCNCC1)NC(C(=O)O)c1cccs1. The molecule has 19 heavy (non-hydrogen) atoms. The number of nitrogens with zero attached hydrogens (tertiary/aromatic N) is 1. The molecule has 7 heteroatoms. The van der Waals surface area contributed by atoms with Crippen molar-refractivity contribution in [3.05, 3.63) is 22.4 Å². The molecule has 1 aliphatic heterocycles. The largest absolute Gasteiger partial charge is 0.479 e. The number of nitrogens with one attached hydrogen (secondary N) is 2. The molecular formula is C12H17N3O3S. The van der Waals surface area contributed by atoms with Crippen LogP contribution >= 0.6 is 11.3 Å². The van der Waals surface area contributed by atoms with Gasteiger partial charge in [-0.2, -0.15) is 0 Å². The van der Waals surface area contributed by atoms with Crippen molar-refractivity contribution < 1.29 is 14.7 Å². The molecule has 104 valence electrons. The fourth-order valence-electron chi connectivity index (χ4n) is 1.99. The number of hydrogen-bond donors (Lipinski definition) is 3. The number of hydrogen-bond acceptors (Lipinski definition) is 5. The van der Waals surface area contributed by atoms with Crippen molar-refractivity contribution in [2.45, 2.75) is 6.04 Å². The van der Waals surface area contributed by atoms with Crippen LogP contribution in [0.4, 0.5) is 0 Å². The molecule has 2 heterocycles. The van der Waals surface area contributed by atoms with Gasteiger partial charge in [0.15, 0.2) is 6.04 Å². The molecule has 1 aromatic rings. The third-order valence-corrected chi connectivity index (χ3v) is 3.89. The van der Waals surface area contributed by atoms with Crippen molar-refractivity contribution in [3.63, 3.8) is 0 Å². The Balaban J connectivity index is 1.90. The molecule has 1 aromatic heterocycles. The lowest BCUT2D eigenvalue weighted by Crippen LogP contribution is -2.48. The van der Waals surface area contributed by atoms with Crippen LogP contribution in [0.1, 0.15) is 10.9 Å². The summed E-state index contributed by atoms with van der Waals surface area (Å²) in [5, 5.41) is 16.7. The fourth-order valence-corrected chi connectivity index (χ4v) is 2.76. The van der Waals surface area contributed by atoms with Gasteiger partial charge in [-0.25, -0.2) is 4.79 Å². The molecule has 1 atom stereocenters. The van der Waals surface area contributed by atoms with E-state index in [1.807, 2.05) is 4.90 Å². The van der Waals surface area contributed by atoms with E-state index in [4.69, 9.17) is 5.11 Å². The van der Waals surface area contributed by atoms with Crippen LogP contribution in [0.5, 0.6) is 0 Å². The number of piperazine rings is 1. The van der Waals surface area contributed by atoms with Crippen LogP contribution in [0.2, 0.25) is 0 Å². The molecule has 0 bridgehead atoms. The van der Waals surface area contributed by atoms with Gasteiger partial charge in [-0.05, 0) is 11.4 Å². The second-order valence-electron chi connectivity index (χ2n) is 4.38. The lowest BCUT2D eigenvalue weighted by molar-refractivity contribution is -0.142. The summed E-state index contributed by atoms with van der Waals surface area (Å²) in [5.41, 5.74) is 0. The molecular weight excluding hydrogens is 266 g/mol. The van der Waals surface area contributed by atoms with Crippen molar-refractivity contribution in [1.82, 2.24) is 15.5 Å². The lowest BCUT2D eigenvalue weighted by Gasteiger charge is -2.27. The minimum atomic E-state index is -1.03. The van der Waals surface area contributed by atoms with E-state index in [2.05, 4.69) is 10.6 Å². The van der Waals surface area contributed by atoms with Crippen molar-refractivity contribution in [2.24, 2.45) is 0 Å². The predicted octanol–water partition coefficient (Wildman–Crippen LogP) is -0.105. The van der Waals surface area contributed by atoms with E-state index in [1.54, 1.807) is 17.5 Å². The summed E-state index contributed by atoms with van der Waals surface area (Å²) in [5.74, 6) is -1.28. The number of thiophene rings is 1. The molecule has 0 radical (unpaired) electrons. The van der Waals surface area contributed by atoms with Gasteiger partial charge in [-0.1, -0.05) is 6.07 Å². The third-order valence-electron chi connectivity index (χ3n) is 2.96. The molecule has 1 saturated heterocycles. The average molecular weight is 283 g/mol. The number of amides is 1. The first kappa shape index (κ1) is 14.0. The average Bonchev–Trinajstić information content (AvgIpc) is 2.90. The second-order valence-corrected chi connectivity index (χ2v) is 5.36. The standard InChI is InChI=1S/C12H17N3O3S/c16-10(8-15-5-3-13-4-6-15)14-11(12(17)18)9-2-1-7-19-9/h1-2,7,11,13H,3-6,8H2,(H,14,16)(H,17,18). The second kappa shape index (κ2) is 6.65. The minimum absolute atomic E-state index is 0.247. The van der Waals surface area contributed by atoms with Gasteiger partial charge in [0, 0.05) is 31.1 Å². The number of carboxylic acids is 1. The Morgan fingerprint density at radius 2 is 2.21 bits per heavy atom. The van der Waals surface area contributed by atoms with E-state index in [0.29, 0.717) is 4.88 Å². The van der Waals surface area contributed by atoms with E-state index in [9.17, 15) is 9.59 Å². The monoisotopic (exact) mass is 283 g/mol. The van der Waals surface area contributed by atoms with Crippen LogP contribution in [0.15, 0.2) is 17.5 Å². The van der Waals surface area contributed by atoms with E-state index in [0.717, 1.165) is 26.2 Å². The number of carbonyl (C=O) groups excluding carboxylic acids is 1. The first-order valence-electron chi connectivity index (χ1n) is 6.15. The van der Waals surface area contributed by atoms with Crippen molar-refractivity contribution >= 4 is 23.2 Å². The summed E-state index contributed by atoms with van der Waals surface area (Å²) in [7, 11) is 0. The Labute approximate surface area is 115 Å². The van der Waals surface area contributed by atoms with Gasteiger partial charge in [0.25, 0.3) is 0 Å². The first-order chi connectivity index (χ1) is 9.16. The quantitative estimate of drug-likeness (QED) is 0.703. The van der Waals surface area contributed by atoms with Gasteiger partial charge < -0.3 is 15.7 Å². The number of carboxylic acid groups (broad SMARTS) is 1. The van der Waals surface area contributed by atoms with Crippen molar-refractivity contribution in [1.29, 1.82) is 0 Å². The summed E-state index contributed by atoms with van der Waals surface area (Å²) >= 11 is 1.33. The molecule has 1 amide bonds. The summed E-state index contributed by atoms with van der Waals surface area (Å²) in [4.78, 5) is 25.7. The highest BCUT2D eigenvalue weighted by atomic mass is 32.1. The topological polar surface area (TPSA) is 81.7 Å². The Morgan fingerprint density at radius 1 is 1.47 bits per heavy atom. The van der Waals surface area contributed by atoms with Crippen LogP contribution in [0, 0.1) is 0 Å². The summed E-state index contributed by atoms with van der Waals surface area (Å²) in [6.07, 6.45) is 0. The Kier molecular flexibility index (Phi) is 4.89. The molecule has 1 aliphatic rings. The molecule has 3 N–H and O–H groups in total. The van der Waals surface area contributed by atoms with E-state index in [-0.39, 0.29) is 12.5 Å². The van der Waals surface area contributed by atoms with Gasteiger partial charge in [-0.15, -0.1) is 11.3 Å². The predicted molar refractivity (Wildman–Crippen MR) is 72.1 cm³/mol. The van der Waals surface area contributed by atoms with Crippen LogP contribution in [-0.4, -0.2) is 54.6 Å². The maximum absolute atomic E-state index is 11.9. The number of rotatable bonds is 5. The van der Waals surface area contributed by atoms with Gasteiger partial charge >= 0.3 is 5.97 Å². The normalized spacial score (nSPS) is 17.9. The van der Waals surface area contributed by atoms with Gasteiger partial charge in [-0.3, -0.25) is 9.69 Å². The maximum Gasteiger partial charge on any atom is 0.331 e. The van der Waals surface area contributed by atoms with Gasteiger partial charge in [0.05, 0.1) is 6.54 Å². The molecule has 0 aliphatic carbocycles. The molecule has 6 nitrogen and oxygen atoms in total. The zero-order chi connectivity index (χ0) is 13.7. The molecule has 0 saturated carbocycles. The summed E-state index contributed by atoms with van der Waals surface area (Å²) < 4.78 is 0. The zero-order valence-electron chi connectivity index (χ0n) is 10.5. The Hall–Kier alpha value is -1.44. The minimum Gasteiger partial charge on any atom is -0.479 e. The first-order valence-corrected chi connectivity index (χ1v) is 7.03. The zero-order valence-corrected chi connectivity index (χ0v) is 11.3. The molecule has 2 rings (SSSR count). The Bertz CT molecular complexity index is 429. The van der Waals surface area contributed by atoms with Crippen LogP contribution in [0.3, 0.4) is 0 Å². The summed E-state index contributed by atoms with van der Waals surface area (Å²) in [6.45, 7) is 3.59. The highest BCUT2D eigenvalue weighted by Gasteiger charge is 2.24. The van der Waals surface area contributed by atoms with Crippen LogP contribution in [-0.2, 0) is 9.59 Å². The third kappa shape index (κ3) is 4.02. The van der Waals surface area contributed by atoms with E-state index < -0.39 is 12.0 Å². The fraction of sp³-hybridized carbons (Fsp3) is 0.500. The molecule has 1 unspecified atom stereocenters. The Morgan fingerprint density at radius 3 is 2.79 bits per heavy atom. The van der Waals surface area contributed by atoms with E-state index in [1.165, 1.54) is 11.3 Å². The van der Waals surface area contributed by atoms with Gasteiger partial charge in [0.2, 0.25) is 5.91 Å². The molecule has 0 spiro atoms. The highest BCUT2D eigenvalue weighted by Crippen LogP contribution is 2.19.